The van der Waals surface area contributed by atoms with Crippen LogP contribution >= 0.6 is 70.2 Å². The van der Waals surface area contributed by atoms with Gasteiger partial charge in [-0.25, -0.2) is 38.4 Å². The zero-order chi connectivity index (χ0) is 106. The molecule has 4 N–H and O–H groups in total. The van der Waals surface area contributed by atoms with Crippen LogP contribution in [-0.4, -0.2) is 175 Å². The molecule has 4 amide bonds. The van der Waals surface area contributed by atoms with Gasteiger partial charge < -0.3 is 78.1 Å². The van der Waals surface area contributed by atoms with Gasteiger partial charge in [-0.3, -0.25) is 0 Å². The van der Waals surface area contributed by atoms with E-state index in [1.807, 2.05) is 158 Å². The Morgan fingerprint density at radius 2 is 0.493 bits per heavy atom. The van der Waals surface area contributed by atoms with Gasteiger partial charge in [-0.1, -0.05) is 245 Å². The van der Waals surface area contributed by atoms with E-state index in [2.05, 4.69) is 207 Å². The van der Waals surface area contributed by atoms with Gasteiger partial charge >= 0.3 is 48.3 Å². The van der Waals surface area contributed by atoms with Crippen LogP contribution in [0.5, 0.6) is 23.0 Å². The maximum Gasteiger partial charge on any atom is 0.407 e. The third-order valence-corrected chi connectivity index (χ3v) is 27.1. The molecule has 0 fully saturated rings. The molecule has 0 spiro atoms. The minimum Gasteiger partial charge on any atom is -0.490 e. The summed E-state index contributed by atoms with van der Waals surface area (Å²) in [5, 5.41) is 11.7. The Kier molecular flexibility index (Phi) is 59.1. The number of benzene rings is 8. The van der Waals surface area contributed by atoms with Gasteiger partial charge in [0.2, 0.25) is 0 Å². The van der Waals surface area contributed by atoms with Crippen molar-refractivity contribution in [3.63, 3.8) is 0 Å². The van der Waals surface area contributed by atoms with Crippen molar-refractivity contribution in [3.05, 3.63) is 288 Å². The van der Waals surface area contributed by atoms with Crippen molar-refractivity contribution >= 4 is 118 Å². The largest absolute Gasteiger partial charge is 0.490 e. The second-order valence-corrected chi connectivity index (χ2v) is 42.0. The quantitative estimate of drug-likeness (QED) is 0.00905. The molecule has 30 heteroatoms. The van der Waals surface area contributed by atoms with E-state index < -0.39 is 72.7 Å². The fourth-order valence-corrected chi connectivity index (χ4v) is 19.5. The molecule has 0 heterocycles. The number of alkyl carbamates (subject to hydrolysis) is 4. The van der Waals surface area contributed by atoms with Crippen LogP contribution in [0.2, 0.25) is 10.0 Å². The van der Waals surface area contributed by atoms with Gasteiger partial charge in [0, 0.05) is 75.9 Å². The van der Waals surface area contributed by atoms with E-state index in [1.165, 1.54) is 45.8 Å². The van der Waals surface area contributed by atoms with Crippen molar-refractivity contribution in [3.8, 4) is 23.0 Å². The van der Waals surface area contributed by atoms with E-state index in [0.29, 0.717) is 127 Å². The number of carbonyl (C=O) groups is 8. The van der Waals surface area contributed by atoms with Crippen LogP contribution in [0.15, 0.2) is 275 Å². The van der Waals surface area contributed by atoms with Crippen LogP contribution in [0, 0.1) is 47.3 Å². The van der Waals surface area contributed by atoms with Crippen LogP contribution in [-0.2, 0) is 57.1 Å². The van der Waals surface area contributed by atoms with Crippen molar-refractivity contribution in [2.45, 2.75) is 192 Å². The van der Waals surface area contributed by atoms with E-state index in [9.17, 15) is 38.4 Å². The molecule has 0 aromatic heterocycles. The molecule has 0 saturated heterocycles. The van der Waals surface area contributed by atoms with Crippen molar-refractivity contribution in [2.75, 3.05) is 102 Å². The first kappa shape index (κ1) is 123. The third-order valence-electron chi connectivity index (χ3n) is 22.0. The Morgan fingerprint density at radius 3 is 0.688 bits per heavy atom. The van der Waals surface area contributed by atoms with E-state index >= 15 is 0 Å². The molecule has 784 valence electrons. The lowest BCUT2D eigenvalue weighted by Crippen LogP contribution is -2.35. The number of thioether (sulfide) groups is 4. The second kappa shape index (κ2) is 69.0. The molecule has 8 aromatic carbocycles. The van der Waals surface area contributed by atoms with Gasteiger partial charge in [0.25, 0.3) is 0 Å². The highest BCUT2D eigenvalue weighted by atomic mass is 35.5. The summed E-state index contributed by atoms with van der Waals surface area (Å²) < 4.78 is 66.1. The Bertz CT molecular complexity index is 5090. The number of amides is 4. The van der Waals surface area contributed by atoms with E-state index in [-0.39, 0.29) is 79.0 Å². The number of hydrogen-bond acceptors (Lipinski definition) is 24. The summed E-state index contributed by atoms with van der Waals surface area (Å²) in [7, 11) is 0. The number of carbonyl (C=O) groups excluding carboxylic acids is 8. The SMILES string of the molecule is C=C(C)C(=O)OCCNC(=O)OC(COc1ccc(C(C(C)C)C(C)C)cc1)CSc1ccc(Cl)cc1.C=C(C)C(=O)OCCNC(=O)OC(COc1ccc(C(C(C)C)C(C)C)cc1)CSc1ccccc1.C=CC(=O)OCCNC(=O)OC(COc1ccc(C(C(C)C)C(C)C)cc1)CSc1ccc(Cl)cc1.C=CC(=O)OCCNC(=O)OC(COc1ccc(C(C(C)C)C(C)C)cc1)CSc1ccccc1. The van der Waals surface area contributed by atoms with Gasteiger partial charge in [0.05, 0.1) is 26.2 Å². The molecular formula is C114H150Cl2N4O20S4. The molecule has 4 atom stereocenters. The highest BCUT2D eigenvalue weighted by Crippen LogP contribution is 2.38. The molecular weight excluding hydrogens is 1940 g/mol. The molecule has 144 heavy (non-hydrogen) atoms. The first-order valence-corrected chi connectivity index (χ1v) is 53.5. The van der Waals surface area contributed by atoms with Crippen molar-refractivity contribution in [1.82, 2.24) is 21.3 Å². The Hall–Kier alpha value is -11.1. The van der Waals surface area contributed by atoms with Gasteiger partial charge in [0.15, 0.2) is 0 Å². The predicted molar refractivity (Wildman–Crippen MR) is 583 cm³/mol. The van der Waals surface area contributed by atoms with Gasteiger partial charge in [0.1, 0.15) is 100 Å². The Labute approximate surface area is 881 Å². The topological polar surface area (TPSA) is 295 Å². The average molecular weight is 2100 g/mol. The number of hydrogen-bond donors (Lipinski definition) is 4. The Balaban J connectivity index is 0.000000338. The number of rotatable bonds is 56. The first-order valence-electron chi connectivity index (χ1n) is 48.8. The normalized spacial score (nSPS) is 11.9. The lowest BCUT2D eigenvalue weighted by Gasteiger charge is -2.25. The standard InChI is InChI=1S/C29H38ClNO5S.C29H39NO5S.C28H36ClNO5S.C28H37NO5S/c1-19(2)27(20(3)4)22-7-11-24(12-8-22)35-17-25(18-37-26-13-9-23(30)10-14-26)36-29(33)31-15-16-34-28(32)21(5)6;1-20(2)27(21(3)4)23-12-14-24(15-13-23)34-18-25(19-36-26-10-8-7-9-11-26)35-29(32)30-16-17-33-28(31)22(5)6;1-6-26(31)33-16-15-30-28(32)35-24(18-36-25-13-9-22(29)10-14-25)17-34-23-11-7-21(8-12-23)27(19(2)3)20(4)5;1-6-26(30)32-17-16-29-28(31)34-24(19-35-25-10-8-7-9-11-25)18-33-23-14-12-22(13-15-23)27(20(2)3)21(4)5/h7-14,19-20,25,27H,5,15-18H2,1-4,6H3,(H,31,33);7-15,20-21,25,27H,5,16-19H2,1-4,6H3,(H,30,32);6-14,19-20,24,27H,1,15-18H2,2-5H3,(H,30,32);6-15,20-21,24,27H,1,16-19H2,2-5H3,(H,29,31). The summed E-state index contributed by atoms with van der Waals surface area (Å²) in [5.74, 6) is 9.12. The summed E-state index contributed by atoms with van der Waals surface area (Å²) in [6.07, 6.45) is -2.24. The zero-order valence-corrected chi connectivity index (χ0v) is 91.5. The van der Waals surface area contributed by atoms with Gasteiger partial charge in [-0.05, 0) is 228 Å². The number of halogens is 2. The first-order chi connectivity index (χ1) is 68.7. The summed E-state index contributed by atoms with van der Waals surface area (Å²) >= 11 is 18.2. The van der Waals surface area contributed by atoms with Crippen LogP contribution < -0.4 is 40.2 Å². The van der Waals surface area contributed by atoms with Crippen LogP contribution in [0.3, 0.4) is 0 Å². The Morgan fingerprint density at radius 1 is 0.292 bits per heavy atom. The van der Waals surface area contributed by atoms with Gasteiger partial charge in [-0.2, -0.15) is 0 Å². The summed E-state index contributed by atoms with van der Waals surface area (Å²) in [6, 6.07) is 67.4. The number of esters is 4. The van der Waals surface area contributed by atoms with Crippen LogP contribution in [0.1, 0.15) is 171 Å². The smallest absolute Gasteiger partial charge is 0.407 e. The third kappa shape index (κ3) is 50.6. The van der Waals surface area contributed by atoms with Crippen molar-refractivity contribution in [1.29, 1.82) is 0 Å². The van der Waals surface area contributed by atoms with Gasteiger partial charge in [-0.15, -0.1) is 47.0 Å². The monoisotopic (exact) mass is 2090 g/mol. The van der Waals surface area contributed by atoms with E-state index in [0.717, 1.165) is 43.2 Å². The van der Waals surface area contributed by atoms with Crippen LogP contribution in [0.4, 0.5) is 19.2 Å². The summed E-state index contributed by atoms with van der Waals surface area (Å²) in [6.45, 7) is 54.2. The number of nitrogens with one attached hydrogen (secondary N) is 4. The minimum atomic E-state index is -0.609. The highest BCUT2D eigenvalue weighted by Gasteiger charge is 2.28. The van der Waals surface area contributed by atoms with E-state index in [4.69, 9.17) is 80.0 Å². The maximum atomic E-state index is 12.4. The highest BCUT2D eigenvalue weighted by molar-refractivity contribution is 8.00. The molecule has 24 nitrogen and oxygen atoms in total. The summed E-state index contributed by atoms with van der Waals surface area (Å²) in [4.78, 5) is 98.6. The maximum absolute atomic E-state index is 12.4. The molecule has 8 aromatic rings. The predicted octanol–water partition coefficient (Wildman–Crippen LogP) is 26.4. The molecule has 0 aliphatic rings. The van der Waals surface area contributed by atoms with Crippen molar-refractivity contribution < 1.29 is 95.2 Å². The number of ether oxygens (including phenoxy) is 12. The molecule has 8 rings (SSSR count). The molecule has 0 radical (unpaired) electrons. The molecule has 0 aliphatic carbocycles. The molecule has 0 aliphatic heterocycles. The van der Waals surface area contributed by atoms with Crippen LogP contribution in [0.25, 0.3) is 0 Å². The van der Waals surface area contributed by atoms with Crippen molar-refractivity contribution in [2.24, 2.45) is 47.3 Å². The van der Waals surface area contributed by atoms with E-state index in [1.54, 1.807) is 37.4 Å². The lowest BCUT2D eigenvalue weighted by molar-refractivity contribution is -0.139. The average Bonchev–Trinajstić information content (AvgIpc) is 0.857. The molecule has 0 saturated carbocycles. The minimum absolute atomic E-state index is 0.0285. The lowest BCUT2D eigenvalue weighted by atomic mass is 9.80. The molecule has 4 unspecified atom stereocenters. The summed E-state index contributed by atoms with van der Waals surface area (Å²) in [5.41, 5.74) is 5.78. The fourth-order valence-electron chi connectivity index (χ4n) is 15.7. The molecule has 0 bridgehead atoms. The zero-order valence-electron chi connectivity index (χ0n) is 86.7. The second-order valence-electron chi connectivity index (χ2n) is 36.7. The fraction of sp³-hybridized carbons (Fsp3) is 0.439.